The predicted molar refractivity (Wildman–Crippen MR) is 72.9 cm³/mol. The quantitative estimate of drug-likeness (QED) is 0.663. The van der Waals surface area contributed by atoms with E-state index in [4.69, 9.17) is 10.5 Å². The van der Waals surface area contributed by atoms with Crippen LogP contribution in [-0.4, -0.2) is 32.0 Å². The van der Waals surface area contributed by atoms with E-state index in [2.05, 4.69) is 10.6 Å². The first-order chi connectivity index (χ1) is 9.02. The number of ether oxygens (including phenoxy) is 1. The van der Waals surface area contributed by atoms with Crippen molar-refractivity contribution in [3.05, 3.63) is 24.3 Å². The van der Waals surface area contributed by atoms with Crippen LogP contribution in [0.3, 0.4) is 0 Å². The molecule has 0 spiro atoms. The number of anilines is 1. The summed E-state index contributed by atoms with van der Waals surface area (Å²) in [7, 11) is 1.80. The first-order valence-corrected chi connectivity index (χ1v) is 5.99. The second kappa shape index (κ2) is 7.38. The molecule has 0 aliphatic carbocycles. The molecular formula is C13H19N3O3. The molecule has 4 N–H and O–H groups in total. The smallest absolute Gasteiger partial charge is 0.255 e. The van der Waals surface area contributed by atoms with E-state index >= 15 is 0 Å². The molecule has 0 aliphatic heterocycles. The maximum atomic E-state index is 11.8. The Balaban J connectivity index is 2.52. The minimum Gasteiger partial charge on any atom is -0.484 e. The Morgan fingerprint density at radius 1 is 1.32 bits per heavy atom. The van der Waals surface area contributed by atoms with Crippen LogP contribution >= 0.6 is 0 Å². The molecule has 0 radical (unpaired) electrons. The summed E-state index contributed by atoms with van der Waals surface area (Å²) in [5, 5.41) is 5.74. The summed E-state index contributed by atoms with van der Waals surface area (Å²) in [4.78, 5) is 22.3. The normalized spacial score (nSPS) is 11.7. The van der Waals surface area contributed by atoms with Gasteiger partial charge in [0.15, 0.2) is 6.61 Å². The van der Waals surface area contributed by atoms with Crippen LogP contribution in [0.4, 0.5) is 5.69 Å². The number of carbonyl (C=O) groups excluding carboxylic acids is 2. The highest BCUT2D eigenvalue weighted by Crippen LogP contribution is 2.16. The molecule has 1 aromatic carbocycles. The van der Waals surface area contributed by atoms with Gasteiger partial charge in [-0.15, -0.1) is 0 Å². The summed E-state index contributed by atoms with van der Waals surface area (Å²) in [6.07, 6.45) is 0. The van der Waals surface area contributed by atoms with Crippen molar-refractivity contribution in [3.8, 4) is 5.75 Å². The molecule has 0 saturated heterocycles. The van der Waals surface area contributed by atoms with Crippen LogP contribution in [0.2, 0.25) is 0 Å². The third-order valence-electron chi connectivity index (χ3n) is 2.46. The molecular weight excluding hydrogens is 246 g/mol. The monoisotopic (exact) mass is 265 g/mol. The van der Waals surface area contributed by atoms with Crippen LogP contribution in [0.5, 0.6) is 5.75 Å². The van der Waals surface area contributed by atoms with E-state index in [1.807, 2.05) is 6.92 Å². The molecule has 0 bridgehead atoms. The molecule has 6 heteroatoms. The summed E-state index contributed by atoms with van der Waals surface area (Å²) in [5.41, 5.74) is 5.65. The first kappa shape index (κ1) is 15.0. The fraction of sp³-hybridized carbons (Fsp3) is 0.385. The number of hydrogen-bond acceptors (Lipinski definition) is 4. The molecule has 19 heavy (non-hydrogen) atoms. The third kappa shape index (κ3) is 5.39. The minimum atomic E-state index is -0.529. The molecule has 2 amide bonds. The summed E-state index contributed by atoms with van der Waals surface area (Å²) in [5.74, 6) is -0.172. The zero-order valence-corrected chi connectivity index (χ0v) is 11.1. The Kier molecular flexibility index (Phi) is 5.81. The largest absolute Gasteiger partial charge is 0.484 e. The second-order valence-corrected chi connectivity index (χ2v) is 4.23. The summed E-state index contributed by atoms with van der Waals surface area (Å²) < 4.78 is 5.12. The van der Waals surface area contributed by atoms with Gasteiger partial charge in [-0.05, 0) is 31.3 Å². The lowest BCUT2D eigenvalue weighted by atomic mass is 10.1. The number of nitrogens with one attached hydrogen (secondary N) is 2. The van der Waals surface area contributed by atoms with Crippen molar-refractivity contribution in [2.24, 2.45) is 11.7 Å². The van der Waals surface area contributed by atoms with Crippen LogP contribution in [0.25, 0.3) is 0 Å². The molecule has 0 aromatic heterocycles. The molecule has 0 saturated carbocycles. The second-order valence-electron chi connectivity index (χ2n) is 4.23. The van der Waals surface area contributed by atoms with Gasteiger partial charge >= 0.3 is 0 Å². The molecule has 0 fully saturated rings. The van der Waals surface area contributed by atoms with Gasteiger partial charge in [0.2, 0.25) is 5.91 Å². The molecule has 1 atom stereocenters. The summed E-state index contributed by atoms with van der Waals surface area (Å²) >= 11 is 0. The first-order valence-electron chi connectivity index (χ1n) is 5.99. The zero-order chi connectivity index (χ0) is 14.3. The van der Waals surface area contributed by atoms with Crippen LogP contribution in [-0.2, 0) is 9.59 Å². The van der Waals surface area contributed by atoms with Crippen LogP contribution in [0, 0.1) is 5.92 Å². The number of amides is 2. The average Bonchev–Trinajstić information content (AvgIpc) is 2.38. The van der Waals surface area contributed by atoms with Crippen molar-refractivity contribution >= 4 is 17.5 Å². The Morgan fingerprint density at radius 2 is 1.95 bits per heavy atom. The number of carbonyl (C=O) groups is 2. The van der Waals surface area contributed by atoms with Crippen molar-refractivity contribution in [3.63, 3.8) is 0 Å². The van der Waals surface area contributed by atoms with Gasteiger partial charge in [0.1, 0.15) is 5.75 Å². The van der Waals surface area contributed by atoms with Crippen molar-refractivity contribution in [2.45, 2.75) is 6.92 Å². The number of nitrogens with two attached hydrogens (primary N) is 1. The lowest BCUT2D eigenvalue weighted by Crippen LogP contribution is -2.28. The topological polar surface area (TPSA) is 93.4 Å². The van der Waals surface area contributed by atoms with Crippen molar-refractivity contribution in [1.82, 2.24) is 5.32 Å². The van der Waals surface area contributed by atoms with Gasteiger partial charge in [-0.2, -0.15) is 0 Å². The van der Waals surface area contributed by atoms with Gasteiger partial charge in [0.25, 0.3) is 5.91 Å². The Labute approximate surface area is 112 Å². The predicted octanol–water partition coefficient (Wildman–Crippen LogP) is 0.345. The molecule has 0 aliphatic rings. The molecule has 1 aromatic rings. The highest BCUT2D eigenvalue weighted by molar-refractivity contribution is 5.92. The highest BCUT2D eigenvalue weighted by atomic mass is 16.5. The third-order valence-corrected chi connectivity index (χ3v) is 2.46. The van der Waals surface area contributed by atoms with E-state index in [0.717, 1.165) is 0 Å². The molecule has 104 valence electrons. The van der Waals surface area contributed by atoms with Crippen molar-refractivity contribution < 1.29 is 14.3 Å². The standard InChI is InChI=1S/C13H19N3O3/c1-9(7-15-2)13(18)16-10-3-5-11(6-4-10)19-8-12(14)17/h3-6,9,15H,7-8H2,1-2H3,(H2,14,17)(H,16,18). The van der Waals surface area contributed by atoms with E-state index in [-0.39, 0.29) is 18.4 Å². The lowest BCUT2D eigenvalue weighted by Gasteiger charge is -2.12. The van der Waals surface area contributed by atoms with Crippen molar-refractivity contribution in [1.29, 1.82) is 0 Å². The Bertz CT molecular complexity index is 431. The minimum absolute atomic E-state index is 0.0554. The fourth-order valence-corrected chi connectivity index (χ4v) is 1.45. The van der Waals surface area contributed by atoms with Gasteiger partial charge in [0.05, 0.1) is 0 Å². The van der Waals surface area contributed by atoms with E-state index < -0.39 is 5.91 Å². The van der Waals surface area contributed by atoms with Gasteiger partial charge in [0, 0.05) is 18.2 Å². The zero-order valence-electron chi connectivity index (χ0n) is 11.1. The maximum Gasteiger partial charge on any atom is 0.255 e. The Hall–Kier alpha value is -2.08. The lowest BCUT2D eigenvalue weighted by molar-refractivity contribution is -0.120. The molecule has 0 heterocycles. The fourth-order valence-electron chi connectivity index (χ4n) is 1.45. The average molecular weight is 265 g/mol. The van der Waals surface area contributed by atoms with Crippen molar-refractivity contribution in [2.75, 3.05) is 25.5 Å². The van der Waals surface area contributed by atoms with E-state index in [0.29, 0.717) is 18.0 Å². The number of benzene rings is 1. The van der Waals surface area contributed by atoms with Gasteiger partial charge in [-0.3, -0.25) is 9.59 Å². The molecule has 6 nitrogen and oxygen atoms in total. The maximum absolute atomic E-state index is 11.8. The SMILES string of the molecule is CNCC(C)C(=O)Nc1ccc(OCC(N)=O)cc1. The molecule has 1 rings (SSSR count). The van der Waals surface area contributed by atoms with Gasteiger partial charge in [-0.1, -0.05) is 6.92 Å². The highest BCUT2D eigenvalue weighted by Gasteiger charge is 2.11. The van der Waals surface area contributed by atoms with E-state index in [9.17, 15) is 9.59 Å². The Morgan fingerprint density at radius 3 is 2.47 bits per heavy atom. The van der Waals surface area contributed by atoms with E-state index in [1.165, 1.54) is 0 Å². The summed E-state index contributed by atoms with van der Waals surface area (Å²) in [6.45, 7) is 2.30. The molecule has 1 unspecified atom stereocenters. The van der Waals surface area contributed by atoms with Crippen LogP contribution < -0.4 is 21.1 Å². The number of primary amides is 1. The van der Waals surface area contributed by atoms with Crippen LogP contribution in [0.1, 0.15) is 6.92 Å². The van der Waals surface area contributed by atoms with Crippen LogP contribution in [0.15, 0.2) is 24.3 Å². The van der Waals surface area contributed by atoms with E-state index in [1.54, 1.807) is 31.3 Å². The summed E-state index contributed by atoms with van der Waals surface area (Å²) in [6, 6.07) is 6.75. The number of rotatable bonds is 7. The van der Waals surface area contributed by atoms with Gasteiger partial charge < -0.3 is 21.1 Å². The number of hydrogen-bond donors (Lipinski definition) is 3. The van der Waals surface area contributed by atoms with Gasteiger partial charge in [-0.25, -0.2) is 0 Å².